The average molecular weight is 815 g/mol. The molecular formula is C41H59FN4O8SSi. The summed E-state index contributed by atoms with van der Waals surface area (Å²) in [6.07, 6.45) is 2.43. The Morgan fingerprint density at radius 1 is 1.00 bits per heavy atom. The Morgan fingerprint density at radius 2 is 1.66 bits per heavy atom. The molecule has 12 nitrogen and oxygen atoms in total. The number of halogens is 1. The molecule has 2 amide bonds. The number of ether oxygens (including phenoxy) is 1. The first-order valence-corrected chi connectivity index (χ1v) is 23.6. The van der Waals surface area contributed by atoms with Crippen LogP contribution in [0.5, 0.6) is 0 Å². The number of rotatable bonds is 11. The van der Waals surface area contributed by atoms with Crippen molar-refractivity contribution in [3.8, 4) is 11.1 Å². The summed E-state index contributed by atoms with van der Waals surface area (Å²) in [5.74, 6) is -0.990. The molecule has 0 bridgehead atoms. The number of carbonyl (C=O) groups excluding carboxylic acids is 2. The van der Waals surface area contributed by atoms with Crippen LogP contribution in [0.15, 0.2) is 46.2 Å². The van der Waals surface area contributed by atoms with Gasteiger partial charge in [-0.15, -0.1) is 0 Å². The first-order valence-electron chi connectivity index (χ1n) is 19.3. The molecule has 2 heterocycles. The van der Waals surface area contributed by atoms with E-state index in [0.717, 1.165) is 12.8 Å². The third kappa shape index (κ3) is 9.55. The Hall–Kier alpha value is -3.63. The molecule has 2 fully saturated rings. The van der Waals surface area contributed by atoms with Crippen molar-refractivity contribution < 1.29 is 36.7 Å². The highest BCUT2D eigenvalue weighted by Gasteiger charge is 2.40. The van der Waals surface area contributed by atoms with Crippen LogP contribution in [0, 0.1) is 18.2 Å². The van der Waals surface area contributed by atoms with Gasteiger partial charge in [-0.05, 0) is 99.6 Å². The van der Waals surface area contributed by atoms with Crippen LogP contribution in [0.4, 0.5) is 9.18 Å². The van der Waals surface area contributed by atoms with Gasteiger partial charge in [0.1, 0.15) is 16.3 Å². The van der Waals surface area contributed by atoms with Crippen LogP contribution in [0.25, 0.3) is 21.9 Å². The van der Waals surface area contributed by atoms with Crippen molar-refractivity contribution in [1.29, 1.82) is 0 Å². The van der Waals surface area contributed by atoms with Gasteiger partial charge < -0.3 is 29.1 Å². The number of aliphatic hydroxyl groups is 1. The van der Waals surface area contributed by atoms with Crippen molar-refractivity contribution in [2.75, 3.05) is 32.8 Å². The molecule has 1 aromatic heterocycles. The summed E-state index contributed by atoms with van der Waals surface area (Å²) in [4.78, 5) is 41.5. The van der Waals surface area contributed by atoms with Crippen molar-refractivity contribution in [2.45, 2.75) is 122 Å². The zero-order valence-electron chi connectivity index (χ0n) is 34.7. The lowest BCUT2D eigenvalue weighted by atomic mass is 9.94. The topological polar surface area (TPSA) is 147 Å². The van der Waals surface area contributed by atoms with Crippen LogP contribution in [-0.4, -0.2) is 98.1 Å². The highest BCUT2D eigenvalue weighted by molar-refractivity contribution is 7.89. The Balaban J connectivity index is 1.62. The number of benzene rings is 2. The Kier molecular flexibility index (Phi) is 12.1. The normalized spacial score (nSPS) is 17.7. The minimum absolute atomic E-state index is 0.0335. The second-order valence-corrected chi connectivity index (χ2v) is 25.4. The number of sulfonamides is 1. The summed E-state index contributed by atoms with van der Waals surface area (Å²) in [5, 5.41) is 13.5. The predicted molar refractivity (Wildman–Crippen MR) is 218 cm³/mol. The second-order valence-electron chi connectivity index (χ2n) is 18.7. The molecule has 2 N–H and O–H groups in total. The molecule has 1 saturated carbocycles. The molecule has 0 unspecified atom stereocenters. The SMILES string of the molecule is Cc1c(F)cc(C(=O)NC2CC2)cc1-c1ccc2c(=O)n(CC(C)(C)CO[Si](C)(C)C(C)(C)C)cc(S(=O)(=O)N3CCN(C(=O)OC(C)(C)C)[C@@H](CO)C3)c2c1. The maximum Gasteiger partial charge on any atom is 0.410 e. The highest BCUT2D eigenvalue weighted by Crippen LogP contribution is 2.38. The summed E-state index contributed by atoms with van der Waals surface area (Å²) in [7, 11) is -6.54. The summed E-state index contributed by atoms with van der Waals surface area (Å²) >= 11 is 0. The Labute approximate surface area is 331 Å². The Bertz CT molecular complexity index is 2170. The molecule has 56 heavy (non-hydrogen) atoms. The number of aromatic nitrogens is 1. The van der Waals surface area contributed by atoms with Crippen molar-refractivity contribution in [1.82, 2.24) is 19.1 Å². The molecule has 0 spiro atoms. The molecule has 5 rings (SSSR count). The van der Waals surface area contributed by atoms with Gasteiger partial charge in [0.05, 0.1) is 12.6 Å². The third-order valence-electron chi connectivity index (χ3n) is 11.0. The Morgan fingerprint density at radius 3 is 2.25 bits per heavy atom. The van der Waals surface area contributed by atoms with E-state index in [1.807, 2.05) is 13.8 Å². The molecule has 15 heteroatoms. The van der Waals surface area contributed by atoms with Gasteiger partial charge in [0.25, 0.3) is 11.5 Å². The number of fused-ring (bicyclic) bond motifs is 1. The van der Waals surface area contributed by atoms with Crippen LogP contribution in [0.1, 0.15) is 84.2 Å². The summed E-state index contributed by atoms with van der Waals surface area (Å²) in [6.45, 7) is 21.1. The fraction of sp³-hybridized carbons (Fsp3) is 0.585. The number of hydrogen-bond donors (Lipinski definition) is 2. The van der Waals surface area contributed by atoms with Gasteiger partial charge in [0.2, 0.25) is 10.0 Å². The summed E-state index contributed by atoms with van der Waals surface area (Å²) in [6, 6.07) is 6.70. The van der Waals surface area contributed by atoms with E-state index in [2.05, 4.69) is 39.2 Å². The molecule has 308 valence electrons. The van der Waals surface area contributed by atoms with Gasteiger partial charge in [-0.2, -0.15) is 4.31 Å². The van der Waals surface area contributed by atoms with Crippen molar-refractivity contribution in [3.63, 3.8) is 0 Å². The minimum atomic E-state index is -4.39. The van der Waals surface area contributed by atoms with E-state index in [1.165, 1.54) is 26.0 Å². The van der Waals surface area contributed by atoms with Crippen LogP contribution >= 0.6 is 0 Å². The van der Waals surface area contributed by atoms with Crippen LogP contribution in [0.3, 0.4) is 0 Å². The fourth-order valence-electron chi connectivity index (χ4n) is 6.46. The quantitative estimate of drug-likeness (QED) is 0.205. The monoisotopic (exact) mass is 814 g/mol. The first kappa shape index (κ1) is 43.5. The molecule has 1 saturated heterocycles. The van der Waals surface area contributed by atoms with E-state index in [1.54, 1.807) is 52.0 Å². The smallest absolute Gasteiger partial charge is 0.410 e. The number of aliphatic hydroxyl groups excluding tert-OH is 1. The second kappa shape index (κ2) is 15.6. The van der Waals surface area contributed by atoms with E-state index >= 15 is 4.39 Å². The molecule has 1 atom stereocenters. The molecule has 2 aromatic carbocycles. The van der Waals surface area contributed by atoms with E-state index in [0.29, 0.717) is 17.7 Å². The highest BCUT2D eigenvalue weighted by atomic mass is 32.2. The number of pyridine rings is 1. The summed E-state index contributed by atoms with van der Waals surface area (Å²) in [5.41, 5.74) is -0.572. The van der Waals surface area contributed by atoms with Crippen LogP contribution < -0.4 is 10.9 Å². The number of nitrogens with one attached hydrogen (secondary N) is 1. The number of hydrogen-bond acceptors (Lipinski definition) is 8. The van der Waals surface area contributed by atoms with Gasteiger partial charge in [0, 0.05) is 66.8 Å². The molecular weight excluding hydrogens is 756 g/mol. The number of amides is 2. The first-order chi connectivity index (χ1) is 25.7. The van der Waals surface area contributed by atoms with Crippen LogP contribution in [-0.2, 0) is 25.7 Å². The maximum atomic E-state index is 15.4. The predicted octanol–water partition coefficient (Wildman–Crippen LogP) is 6.66. The lowest BCUT2D eigenvalue weighted by molar-refractivity contribution is -0.00257. The van der Waals surface area contributed by atoms with Gasteiger partial charge in [0.15, 0.2) is 8.32 Å². The standard InChI is InChI=1S/C41H59FN4O8SSi/c1-26-32(19-28(20-34(26)42)36(48)43-29-13-14-29)27-12-15-31-33(18-27)35(22-44(37(31)49)24-41(8,9)25-53-56(10,11)40(5,6)7)55(51,52)45-16-17-46(30(21-45)23-47)38(50)54-39(2,3)4/h12,15,18-20,22,29-30,47H,13-14,16-17,21,23-25H2,1-11H3,(H,43,48)/t30-/m1/s1. The number of nitrogens with zero attached hydrogens (tertiary/aromatic N) is 3. The van der Waals surface area contributed by atoms with E-state index in [9.17, 15) is 27.9 Å². The molecule has 1 aliphatic heterocycles. The van der Waals surface area contributed by atoms with E-state index in [-0.39, 0.29) is 64.1 Å². The largest absolute Gasteiger partial charge is 0.444 e. The van der Waals surface area contributed by atoms with Crippen molar-refractivity contribution in [3.05, 3.63) is 63.8 Å². The zero-order chi connectivity index (χ0) is 41.8. The van der Waals surface area contributed by atoms with Gasteiger partial charge in [-0.25, -0.2) is 17.6 Å². The van der Waals surface area contributed by atoms with Gasteiger partial charge >= 0.3 is 6.09 Å². The van der Waals surface area contributed by atoms with Crippen molar-refractivity contribution in [2.24, 2.45) is 5.41 Å². The lowest BCUT2D eigenvalue weighted by Crippen LogP contribution is -2.58. The molecule has 2 aliphatic rings. The minimum Gasteiger partial charge on any atom is -0.444 e. The van der Waals surface area contributed by atoms with E-state index in [4.69, 9.17) is 9.16 Å². The molecule has 0 radical (unpaired) electrons. The molecule has 1 aliphatic carbocycles. The fourth-order valence-corrected chi connectivity index (χ4v) is 9.32. The lowest BCUT2D eigenvalue weighted by Gasteiger charge is -2.40. The van der Waals surface area contributed by atoms with Crippen molar-refractivity contribution >= 4 is 41.1 Å². The summed E-state index contributed by atoms with van der Waals surface area (Å²) < 4.78 is 59.8. The number of carbonyl (C=O) groups is 2. The van der Waals surface area contributed by atoms with Gasteiger partial charge in [-0.1, -0.05) is 40.7 Å². The zero-order valence-corrected chi connectivity index (χ0v) is 36.5. The van der Waals surface area contributed by atoms with Crippen LogP contribution in [0.2, 0.25) is 18.1 Å². The number of piperazine rings is 1. The average Bonchev–Trinajstić information content (AvgIpc) is 3.92. The third-order valence-corrected chi connectivity index (χ3v) is 17.4. The maximum absolute atomic E-state index is 15.4. The van der Waals surface area contributed by atoms with E-state index < -0.39 is 65.4 Å². The molecule has 3 aromatic rings. The van der Waals surface area contributed by atoms with Gasteiger partial charge in [-0.3, -0.25) is 9.59 Å².